The van der Waals surface area contributed by atoms with Crippen LogP contribution in [-0.4, -0.2) is 16.9 Å². The lowest BCUT2D eigenvalue weighted by Crippen LogP contribution is -2.29. The monoisotopic (exact) mass is 299 g/mol. The van der Waals surface area contributed by atoms with Gasteiger partial charge in [-0.15, -0.1) is 0 Å². The molecule has 0 heterocycles. The van der Waals surface area contributed by atoms with E-state index in [1.165, 1.54) is 6.07 Å². The highest BCUT2D eigenvalue weighted by Gasteiger charge is 2.16. The van der Waals surface area contributed by atoms with Gasteiger partial charge in [-0.25, -0.2) is 0 Å². The third-order valence-electron chi connectivity index (χ3n) is 3.06. The molecule has 2 aromatic carbocycles. The van der Waals surface area contributed by atoms with Crippen molar-refractivity contribution in [3.8, 4) is 5.75 Å². The van der Waals surface area contributed by atoms with Crippen LogP contribution in [0.4, 0.5) is 17.1 Å². The molecule has 22 heavy (non-hydrogen) atoms. The molecule has 0 aromatic heterocycles. The summed E-state index contributed by atoms with van der Waals surface area (Å²) < 4.78 is 0. The third-order valence-corrected chi connectivity index (χ3v) is 3.06. The molecule has 0 saturated heterocycles. The van der Waals surface area contributed by atoms with E-state index in [1.807, 2.05) is 13.8 Å². The topological polar surface area (TPSA) is 104 Å². The Bertz CT molecular complexity index is 678. The number of phenols is 1. The van der Waals surface area contributed by atoms with Crippen molar-refractivity contribution in [2.24, 2.45) is 0 Å². The van der Waals surface area contributed by atoms with E-state index in [2.05, 4.69) is 10.6 Å². The lowest BCUT2D eigenvalue weighted by Gasteiger charge is -2.10. The number of hydrogen-bond acceptors (Lipinski definition) is 4. The van der Waals surface area contributed by atoms with Crippen molar-refractivity contribution < 1.29 is 14.7 Å². The molecule has 0 atom stereocenters. The molecule has 0 bridgehead atoms. The Labute approximate surface area is 128 Å². The summed E-state index contributed by atoms with van der Waals surface area (Å²) in [6, 6.07) is 9.83. The summed E-state index contributed by atoms with van der Waals surface area (Å²) in [4.78, 5) is 23.8. The maximum absolute atomic E-state index is 11.9. The zero-order chi connectivity index (χ0) is 16.3. The molecule has 0 aliphatic carbocycles. The maximum atomic E-state index is 11.9. The minimum atomic E-state index is -0.887. The van der Waals surface area contributed by atoms with E-state index in [9.17, 15) is 14.7 Å². The van der Waals surface area contributed by atoms with E-state index >= 15 is 0 Å². The Balaban J connectivity index is 2.11. The highest BCUT2D eigenvalue weighted by atomic mass is 16.3. The average Bonchev–Trinajstić information content (AvgIpc) is 2.46. The van der Waals surface area contributed by atoms with E-state index in [-0.39, 0.29) is 11.4 Å². The van der Waals surface area contributed by atoms with Crippen molar-refractivity contribution in [3.05, 3.63) is 47.5 Å². The smallest absolute Gasteiger partial charge is 0.314 e. The minimum Gasteiger partial charge on any atom is -0.506 e. The molecule has 0 spiro atoms. The van der Waals surface area contributed by atoms with Crippen LogP contribution in [0.5, 0.6) is 5.75 Å². The van der Waals surface area contributed by atoms with Crippen molar-refractivity contribution in [3.63, 3.8) is 0 Å². The molecule has 2 aromatic rings. The summed E-state index contributed by atoms with van der Waals surface area (Å²) in [6.45, 7) is 3.66. The summed E-state index contributed by atoms with van der Waals surface area (Å²) in [6.07, 6.45) is 0. The number of nitrogens with one attached hydrogen (secondary N) is 2. The van der Waals surface area contributed by atoms with Gasteiger partial charge in [0.1, 0.15) is 5.75 Å². The molecule has 0 unspecified atom stereocenters. The average molecular weight is 299 g/mol. The van der Waals surface area contributed by atoms with Gasteiger partial charge in [0.25, 0.3) is 0 Å². The number of anilines is 3. The first-order valence-corrected chi connectivity index (χ1v) is 6.65. The molecule has 0 fully saturated rings. The second kappa shape index (κ2) is 6.17. The Morgan fingerprint density at radius 2 is 1.41 bits per heavy atom. The summed E-state index contributed by atoms with van der Waals surface area (Å²) >= 11 is 0. The third kappa shape index (κ3) is 3.54. The van der Waals surface area contributed by atoms with Crippen LogP contribution in [-0.2, 0) is 9.59 Å². The number of hydrogen-bond donors (Lipinski definition) is 4. The number of phenolic OH excluding ortho intramolecular Hbond substituents is 1. The van der Waals surface area contributed by atoms with Crippen molar-refractivity contribution >= 4 is 28.9 Å². The number of aromatic hydroxyl groups is 1. The highest BCUT2D eigenvalue weighted by Crippen LogP contribution is 2.24. The summed E-state index contributed by atoms with van der Waals surface area (Å²) in [5.74, 6) is -1.86. The van der Waals surface area contributed by atoms with Crippen molar-refractivity contribution in [1.29, 1.82) is 0 Å². The molecular weight excluding hydrogens is 282 g/mol. The van der Waals surface area contributed by atoms with Crippen molar-refractivity contribution in [1.82, 2.24) is 0 Å². The lowest BCUT2D eigenvalue weighted by atomic mass is 10.2. The Morgan fingerprint density at radius 3 is 2.05 bits per heavy atom. The fourth-order valence-corrected chi connectivity index (χ4v) is 1.89. The van der Waals surface area contributed by atoms with E-state index in [1.54, 1.807) is 30.3 Å². The molecule has 0 aliphatic rings. The van der Waals surface area contributed by atoms with Gasteiger partial charge < -0.3 is 21.5 Å². The largest absolute Gasteiger partial charge is 0.506 e. The molecular formula is C16H17N3O3. The maximum Gasteiger partial charge on any atom is 0.314 e. The second-order valence-electron chi connectivity index (χ2n) is 5.02. The molecule has 5 N–H and O–H groups in total. The molecule has 0 aliphatic heterocycles. The van der Waals surface area contributed by atoms with Crippen LogP contribution in [0.15, 0.2) is 36.4 Å². The molecule has 0 saturated carbocycles. The number of amides is 2. The van der Waals surface area contributed by atoms with Crippen LogP contribution in [0.3, 0.4) is 0 Å². The molecule has 2 amide bonds. The van der Waals surface area contributed by atoms with Gasteiger partial charge in [0.2, 0.25) is 0 Å². The van der Waals surface area contributed by atoms with Crippen LogP contribution in [0.2, 0.25) is 0 Å². The van der Waals surface area contributed by atoms with Gasteiger partial charge in [-0.2, -0.15) is 0 Å². The number of nitrogens with two attached hydrogens (primary N) is 1. The van der Waals surface area contributed by atoms with E-state index in [0.29, 0.717) is 11.4 Å². The Morgan fingerprint density at radius 1 is 0.909 bits per heavy atom. The van der Waals surface area contributed by atoms with Gasteiger partial charge in [0.05, 0.1) is 17.1 Å². The van der Waals surface area contributed by atoms with Gasteiger partial charge in [-0.1, -0.05) is 12.1 Å². The van der Waals surface area contributed by atoms with E-state index < -0.39 is 11.8 Å². The predicted molar refractivity (Wildman–Crippen MR) is 85.7 cm³/mol. The zero-order valence-electron chi connectivity index (χ0n) is 12.3. The normalized spacial score (nSPS) is 10.1. The molecule has 6 nitrogen and oxygen atoms in total. The number of carbonyl (C=O) groups is 2. The first-order chi connectivity index (χ1) is 10.4. The fraction of sp³-hybridized carbons (Fsp3) is 0.125. The van der Waals surface area contributed by atoms with Gasteiger partial charge in [-0.3, -0.25) is 9.59 Å². The number of carbonyl (C=O) groups excluding carboxylic acids is 2. The number of nitrogen functional groups attached to an aromatic ring is 1. The van der Waals surface area contributed by atoms with Crippen molar-refractivity contribution in [2.45, 2.75) is 13.8 Å². The summed E-state index contributed by atoms with van der Waals surface area (Å²) in [5.41, 5.74) is 8.41. The molecule has 6 heteroatoms. The quantitative estimate of drug-likeness (QED) is 0.387. The summed E-state index contributed by atoms with van der Waals surface area (Å²) in [7, 11) is 0. The van der Waals surface area contributed by atoms with Gasteiger partial charge in [0, 0.05) is 0 Å². The fourth-order valence-electron chi connectivity index (χ4n) is 1.89. The standard InChI is InChI=1S/C16H17N3O3/c1-9-3-5-11(17)12(7-9)18-15(21)16(22)19-13-8-10(2)4-6-14(13)20/h3-8,20H,17H2,1-2H3,(H,18,21)(H,19,22). The van der Waals surface area contributed by atoms with Gasteiger partial charge in [0.15, 0.2) is 0 Å². The second-order valence-corrected chi connectivity index (χ2v) is 5.02. The van der Waals surface area contributed by atoms with Crippen molar-refractivity contribution in [2.75, 3.05) is 16.4 Å². The Hall–Kier alpha value is -3.02. The van der Waals surface area contributed by atoms with E-state index in [4.69, 9.17) is 5.73 Å². The molecule has 114 valence electrons. The van der Waals surface area contributed by atoms with Crippen LogP contribution in [0.25, 0.3) is 0 Å². The first-order valence-electron chi connectivity index (χ1n) is 6.65. The predicted octanol–water partition coefficient (Wildman–Crippen LogP) is 2.17. The minimum absolute atomic E-state index is 0.109. The number of rotatable bonds is 2. The first kappa shape index (κ1) is 15.4. The number of aryl methyl sites for hydroxylation is 2. The van der Waals surface area contributed by atoms with E-state index in [0.717, 1.165) is 11.1 Å². The van der Waals surface area contributed by atoms with Crippen LogP contribution < -0.4 is 16.4 Å². The number of benzene rings is 2. The molecule has 2 rings (SSSR count). The van der Waals surface area contributed by atoms with Gasteiger partial charge in [-0.05, 0) is 49.2 Å². The highest BCUT2D eigenvalue weighted by molar-refractivity contribution is 6.44. The molecule has 0 radical (unpaired) electrons. The summed E-state index contributed by atoms with van der Waals surface area (Å²) in [5, 5.41) is 14.5. The van der Waals surface area contributed by atoms with Gasteiger partial charge >= 0.3 is 11.8 Å². The van der Waals surface area contributed by atoms with Crippen LogP contribution in [0.1, 0.15) is 11.1 Å². The van der Waals surface area contributed by atoms with Crippen LogP contribution in [0, 0.1) is 13.8 Å². The lowest BCUT2D eigenvalue weighted by molar-refractivity contribution is -0.133. The SMILES string of the molecule is Cc1ccc(N)c(NC(=O)C(=O)Nc2cc(C)ccc2O)c1. The Kier molecular flexibility index (Phi) is 4.31. The van der Waals surface area contributed by atoms with Crippen LogP contribution >= 0.6 is 0 Å². The zero-order valence-corrected chi connectivity index (χ0v) is 12.3.